The van der Waals surface area contributed by atoms with Gasteiger partial charge in [-0.25, -0.2) is 4.79 Å². The van der Waals surface area contributed by atoms with Crippen LogP contribution in [0, 0.1) is 52.8 Å². The van der Waals surface area contributed by atoms with Gasteiger partial charge in [-0.2, -0.15) is 0 Å². The normalized spacial score (nSPS) is 35.6. The molecule has 4 aliphatic carbocycles. The summed E-state index contributed by atoms with van der Waals surface area (Å²) in [5.74, 6) is 2.04. The average Bonchev–Trinajstić information content (AvgIpc) is 3.21. The van der Waals surface area contributed by atoms with Crippen molar-refractivity contribution in [3.8, 4) is 12.3 Å². The first-order valence-corrected chi connectivity index (χ1v) is 16.1. The van der Waals surface area contributed by atoms with Crippen molar-refractivity contribution in [2.75, 3.05) is 6.61 Å². The second-order valence-corrected chi connectivity index (χ2v) is 14.7. The highest BCUT2D eigenvalue weighted by molar-refractivity contribution is 5.96. The quantitative estimate of drug-likeness (QED) is 0.217. The second kappa shape index (κ2) is 12.6. The monoisotopic (exact) mass is 597 g/mol. The molecule has 2 amide bonds. The number of oxime groups is 1. The van der Waals surface area contributed by atoms with Gasteiger partial charge in [0.05, 0.1) is 5.71 Å². The Hall–Kier alpha value is -2.86. The summed E-state index contributed by atoms with van der Waals surface area (Å²) in [4.78, 5) is 42.6. The summed E-state index contributed by atoms with van der Waals surface area (Å²) in [6.45, 7) is 11.6. The maximum absolute atomic E-state index is 12.8. The van der Waals surface area contributed by atoms with Crippen LogP contribution in [0.25, 0.3) is 0 Å². The largest absolute Gasteiger partial charge is 0.480 e. The predicted molar refractivity (Wildman–Crippen MR) is 165 cm³/mol. The molecular weight excluding hydrogens is 546 g/mol. The number of fused-ring (bicyclic) bond motifs is 5. The zero-order valence-electron chi connectivity index (χ0n) is 26.7. The van der Waals surface area contributed by atoms with E-state index in [4.69, 9.17) is 11.3 Å². The first kappa shape index (κ1) is 33.0. The molecule has 9 nitrogen and oxygen atoms in total. The van der Waals surface area contributed by atoms with E-state index in [1.165, 1.54) is 5.57 Å². The zero-order valence-corrected chi connectivity index (χ0v) is 26.7. The molecule has 0 aromatic heterocycles. The second-order valence-electron chi connectivity index (χ2n) is 14.7. The number of allylic oxidation sites excluding steroid dienone is 2. The SMILES string of the molecule is C#C[C@@]1(O)CCC2C3CCC4=C/C(=N/OCC(=O)NC(C(=O)NC(CC(C)C)C(=O)O)C(C)C)CC[C@]4(C)C3CC[C@@]21C. The Labute approximate surface area is 256 Å². The molecule has 238 valence electrons. The van der Waals surface area contributed by atoms with E-state index in [1.807, 2.05) is 13.8 Å². The number of hydrogen-bond donors (Lipinski definition) is 4. The molecule has 0 spiro atoms. The van der Waals surface area contributed by atoms with Crippen LogP contribution in [0.5, 0.6) is 0 Å². The lowest BCUT2D eigenvalue weighted by Crippen LogP contribution is -2.54. The Bertz CT molecular complexity index is 1200. The van der Waals surface area contributed by atoms with Gasteiger partial charge < -0.3 is 25.7 Å². The molecule has 0 radical (unpaired) electrons. The summed E-state index contributed by atoms with van der Waals surface area (Å²) >= 11 is 0. The zero-order chi connectivity index (χ0) is 31.7. The molecule has 9 heteroatoms. The average molecular weight is 598 g/mol. The van der Waals surface area contributed by atoms with Crippen molar-refractivity contribution in [1.82, 2.24) is 10.6 Å². The van der Waals surface area contributed by atoms with Gasteiger partial charge in [0.15, 0.2) is 6.61 Å². The molecule has 8 atom stereocenters. The number of terminal acetylenes is 1. The number of amides is 2. The fraction of sp³-hybridized carbons (Fsp3) is 0.765. The number of rotatable bonds is 10. The Balaban J connectivity index is 1.35. The van der Waals surface area contributed by atoms with E-state index in [-0.39, 0.29) is 29.3 Å². The third kappa shape index (κ3) is 6.36. The van der Waals surface area contributed by atoms with Crippen molar-refractivity contribution in [1.29, 1.82) is 0 Å². The molecule has 0 bridgehead atoms. The molecule has 4 rings (SSSR count). The summed E-state index contributed by atoms with van der Waals surface area (Å²) < 4.78 is 0. The van der Waals surface area contributed by atoms with Gasteiger partial charge in [0.1, 0.15) is 17.7 Å². The van der Waals surface area contributed by atoms with Crippen LogP contribution in [0.3, 0.4) is 0 Å². The van der Waals surface area contributed by atoms with Crippen LogP contribution in [0.15, 0.2) is 16.8 Å². The molecule has 43 heavy (non-hydrogen) atoms. The predicted octanol–water partition coefficient (Wildman–Crippen LogP) is 4.44. The molecule has 3 fully saturated rings. The van der Waals surface area contributed by atoms with E-state index in [0.29, 0.717) is 30.6 Å². The number of carboxylic acid groups (broad SMARTS) is 1. The van der Waals surface area contributed by atoms with Crippen molar-refractivity contribution in [2.24, 2.45) is 45.6 Å². The van der Waals surface area contributed by atoms with E-state index in [1.54, 1.807) is 13.8 Å². The Morgan fingerprint density at radius 1 is 1.07 bits per heavy atom. The van der Waals surface area contributed by atoms with Crippen molar-refractivity contribution in [2.45, 2.75) is 117 Å². The first-order chi connectivity index (χ1) is 20.1. The molecule has 0 saturated heterocycles. The Morgan fingerprint density at radius 2 is 1.77 bits per heavy atom. The Kier molecular flexibility index (Phi) is 9.71. The van der Waals surface area contributed by atoms with Gasteiger partial charge in [-0.05, 0) is 98.9 Å². The van der Waals surface area contributed by atoms with E-state index in [2.05, 4.69) is 41.6 Å². The van der Waals surface area contributed by atoms with Crippen LogP contribution in [-0.2, 0) is 19.2 Å². The fourth-order valence-corrected chi connectivity index (χ4v) is 8.77. The molecule has 4 aliphatic rings. The van der Waals surface area contributed by atoms with E-state index >= 15 is 0 Å². The standard InChI is InChI=1S/C34H51N3O6/c1-8-34(42)16-13-26-24-10-9-22-18-23(11-14-32(22,6)25(24)12-15-33(26,34)7)37-43-19-28(38)36-29(21(4)5)30(39)35-27(31(40)41)17-20(2)3/h1,18,20-21,24-27,29,42H,9-17,19H2,2-7H3,(H,35,39)(H,36,38)(H,40,41)/b37-23+/t24?,25?,26?,27?,29?,32-,33-,34+/m0/s1. The number of hydrogen-bond acceptors (Lipinski definition) is 6. The third-order valence-electron chi connectivity index (χ3n) is 11.3. The molecule has 0 aromatic rings. The van der Waals surface area contributed by atoms with Crippen molar-refractivity contribution >= 4 is 23.5 Å². The summed E-state index contributed by atoms with van der Waals surface area (Å²) in [5, 5.41) is 30.2. The maximum Gasteiger partial charge on any atom is 0.326 e. The van der Waals surface area contributed by atoms with E-state index in [0.717, 1.165) is 50.7 Å². The lowest BCUT2D eigenvalue weighted by atomic mass is 9.46. The fourth-order valence-electron chi connectivity index (χ4n) is 8.77. The van der Waals surface area contributed by atoms with Crippen molar-refractivity contribution < 1.29 is 29.4 Å². The van der Waals surface area contributed by atoms with E-state index in [9.17, 15) is 24.6 Å². The molecule has 3 saturated carbocycles. The number of aliphatic carboxylic acids is 1. The van der Waals surface area contributed by atoms with Gasteiger partial charge in [-0.3, -0.25) is 9.59 Å². The minimum absolute atomic E-state index is 0.0821. The van der Waals surface area contributed by atoms with Crippen LogP contribution < -0.4 is 10.6 Å². The summed E-state index contributed by atoms with van der Waals surface area (Å²) in [5.41, 5.74) is 1.09. The van der Waals surface area contributed by atoms with Gasteiger partial charge in [0.2, 0.25) is 5.91 Å². The third-order valence-corrected chi connectivity index (χ3v) is 11.3. The van der Waals surface area contributed by atoms with Crippen LogP contribution in [0.2, 0.25) is 0 Å². The van der Waals surface area contributed by atoms with Crippen LogP contribution in [-0.4, -0.2) is 58.0 Å². The Morgan fingerprint density at radius 3 is 2.40 bits per heavy atom. The molecule has 0 aromatic carbocycles. The summed E-state index contributed by atoms with van der Waals surface area (Å²) in [6.07, 6.45) is 15.8. The number of aliphatic hydroxyl groups is 1. The van der Waals surface area contributed by atoms with Crippen LogP contribution in [0.1, 0.15) is 99.3 Å². The number of carbonyl (C=O) groups is 3. The van der Waals surface area contributed by atoms with Crippen molar-refractivity contribution in [3.63, 3.8) is 0 Å². The van der Waals surface area contributed by atoms with Gasteiger partial charge in [0.25, 0.3) is 5.91 Å². The van der Waals surface area contributed by atoms with Crippen molar-refractivity contribution in [3.05, 3.63) is 11.6 Å². The number of carboxylic acids is 1. The van der Waals surface area contributed by atoms with Crippen LogP contribution in [0.4, 0.5) is 0 Å². The number of nitrogens with one attached hydrogen (secondary N) is 2. The molecule has 5 unspecified atom stereocenters. The molecule has 0 heterocycles. The number of nitrogens with zero attached hydrogens (tertiary/aromatic N) is 1. The lowest BCUT2D eigenvalue weighted by Gasteiger charge is -2.58. The molecule has 0 aliphatic heterocycles. The minimum Gasteiger partial charge on any atom is -0.480 e. The van der Waals surface area contributed by atoms with E-state index < -0.39 is 35.5 Å². The van der Waals surface area contributed by atoms with Gasteiger partial charge >= 0.3 is 5.97 Å². The van der Waals surface area contributed by atoms with Gasteiger partial charge in [0, 0.05) is 5.41 Å². The highest BCUT2D eigenvalue weighted by Gasteiger charge is 2.63. The topological polar surface area (TPSA) is 137 Å². The maximum atomic E-state index is 12.8. The highest BCUT2D eigenvalue weighted by Crippen LogP contribution is 2.67. The molecule has 4 N–H and O–H groups in total. The smallest absolute Gasteiger partial charge is 0.326 e. The first-order valence-electron chi connectivity index (χ1n) is 16.1. The van der Waals surface area contributed by atoms with Crippen LogP contribution >= 0.6 is 0 Å². The van der Waals surface area contributed by atoms with Gasteiger partial charge in [-0.1, -0.05) is 58.2 Å². The molecular formula is C34H51N3O6. The summed E-state index contributed by atoms with van der Waals surface area (Å²) in [7, 11) is 0. The summed E-state index contributed by atoms with van der Waals surface area (Å²) in [6, 6.07) is -1.91. The minimum atomic E-state index is -1.10. The lowest BCUT2D eigenvalue weighted by molar-refractivity contribution is -0.143. The highest BCUT2D eigenvalue weighted by atomic mass is 16.6. The number of carbonyl (C=O) groups excluding carboxylic acids is 2. The van der Waals surface area contributed by atoms with Gasteiger partial charge in [-0.15, -0.1) is 6.42 Å².